The summed E-state index contributed by atoms with van der Waals surface area (Å²) in [6, 6.07) is 3.29. The summed E-state index contributed by atoms with van der Waals surface area (Å²) in [6.07, 6.45) is 1.81. The average molecular weight is 306 g/mol. The Balaban J connectivity index is 1.86. The predicted octanol–water partition coefficient (Wildman–Crippen LogP) is 1.76. The van der Waals surface area contributed by atoms with Gasteiger partial charge in [0.2, 0.25) is 0 Å². The van der Waals surface area contributed by atoms with Crippen LogP contribution in [0.2, 0.25) is 0 Å². The van der Waals surface area contributed by atoms with E-state index in [1.165, 1.54) is 0 Å². The highest BCUT2D eigenvalue weighted by atomic mass is 16.6. The van der Waals surface area contributed by atoms with Crippen molar-refractivity contribution < 1.29 is 18.7 Å². The lowest BCUT2D eigenvalue weighted by molar-refractivity contribution is 0.0523. The van der Waals surface area contributed by atoms with Gasteiger partial charge in [-0.1, -0.05) is 5.21 Å². The van der Waals surface area contributed by atoms with Crippen molar-refractivity contribution in [1.29, 1.82) is 0 Å². The Kier molecular flexibility index (Phi) is 4.59. The van der Waals surface area contributed by atoms with Crippen LogP contribution in [0.25, 0.3) is 0 Å². The molecule has 2 rings (SSSR count). The van der Waals surface area contributed by atoms with Crippen LogP contribution in [0.3, 0.4) is 0 Å². The van der Waals surface area contributed by atoms with Crippen molar-refractivity contribution in [3.63, 3.8) is 0 Å². The number of aromatic nitrogens is 3. The quantitative estimate of drug-likeness (QED) is 0.845. The van der Waals surface area contributed by atoms with E-state index in [4.69, 9.17) is 9.15 Å². The van der Waals surface area contributed by atoms with Crippen LogP contribution in [-0.4, -0.2) is 33.0 Å². The molecule has 0 saturated heterocycles. The molecule has 2 aromatic rings. The molecule has 0 bridgehead atoms. The minimum absolute atomic E-state index is 0.215. The second kappa shape index (κ2) is 6.42. The normalized spacial score (nSPS) is 11.2. The van der Waals surface area contributed by atoms with E-state index < -0.39 is 11.7 Å². The molecule has 2 heterocycles. The number of ether oxygens (including phenoxy) is 1. The molecule has 8 heteroatoms. The number of hydrogen-bond acceptors (Lipinski definition) is 6. The Hall–Kier alpha value is -2.64. The van der Waals surface area contributed by atoms with E-state index in [1.807, 2.05) is 0 Å². The van der Waals surface area contributed by atoms with Gasteiger partial charge in [0, 0.05) is 0 Å². The minimum atomic E-state index is -0.544. The summed E-state index contributed by atoms with van der Waals surface area (Å²) in [5.41, 5.74) is 0.0464. The van der Waals surface area contributed by atoms with E-state index in [2.05, 4.69) is 15.6 Å². The molecule has 0 aliphatic carbocycles. The number of carbonyl (C=O) groups is 2. The van der Waals surface area contributed by atoms with Crippen molar-refractivity contribution in [1.82, 2.24) is 20.3 Å². The summed E-state index contributed by atoms with van der Waals surface area (Å²) >= 11 is 0. The first kappa shape index (κ1) is 15.7. The molecule has 1 N–H and O–H groups in total. The molecular formula is C14H18N4O4. The molecule has 0 unspecified atom stereocenters. The maximum Gasteiger partial charge on any atom is 0.407 e. The van der Waals surface area contributed by atoms with Gasteiger partial charge in [-0.3, -0.25) is 4.79 Å². The average Bonchev–Trinajstić information content (AvgIpc) is 3.04. The fourth-order valence-electron chi connectivity index (χ4n) is 1.68. The van der Waals surface area contributed by atoms with Crippen molar-refractivity contribution in [2.24, 2.45) is 0 Å². The van der Waals surface area contributed by atoms with Crippen LogP contribution in [0, 0.1) is 0 Å². The van der Waals surface area contributed by atoms with Gasteiger partial charge in [0.15, 0.2) is 12.0 Å². The van der Waals surface area contributed by atoms with Crippen LogP contribution >= 0.6 is 0 Å². The van der Waals surface area contributed by atoms with E-state index in [1.54, 1.807) is 43.8 Å². The third kappa shape index (κ3) is 4.72. The zero-order valence-corrected chi connectivity index (χ0v) is 12.7. The highest BCUT2D eigenvalue weighted by molar-refractivity contribution is 5.70. The number of alkyl carbamates (subject to hydrolysis) is 1. The number of hydrogen-bond donors (Lipinski definition) is 1. The second-order valence-electron chi connectivity index (χ2n) is 5.68. The van der Waals surface area contributed by atoms with Crippen molar-refractivity contribution in [3.05, 3.63) is 35.5 Å². The summed E-state index contributed by atoms with van der Waals surface area (Å²) < 4.78 is 11.9. The van der Waals surface area contributed by atoms with Gasteiger partial charge in [0.25, 0.3) is 0 Å². The van der Waals surface area contributed by atoms with Crippen molar-refractivity contribution >= 4 is 12.4 Å². The Morgan fingerprint density at radius 2 is 2.23 bits per heavy atom. The Labute approximate surface area is 127 Å². The van der Waals surface area contributed by atoms with Crippen LogP contribution in [0.4, 0.5) is 4.79 Å². The first-order valence-corrected chi connectivity index (χ1v) is 6.75. The maximum atomic E-state index is 11.5. The standard InChI is InChI=1S/C14H18N4O4/c1-14(2,3)22-13(20)15-6-10-7-18(17-16-10)8-11-4-5-12(9-19)21-11/h4-5,7,9H,6,8H2,1-3H3,(H,15,20). The van der Waals surface area contributed by atoms with Crippen LogP contribution in [0.1, 0.15) is 42.8 Å². The summed E-state index contributed by atoms with van der Waals surface area (Å²) in [5.74, 6) is 0.862. The van der Waals surface area contributed by atoms with Crippen LogP contribution in [0.15, 0.2) is 22.7 Å². The third-order valence-electron chi connectivity index (χ3n) is 2.52. The van der Waals surface area contributed by atoms with Gasteiger partial charge >= 0.3 is 6.09 Å². The number of nitrogens with one attached hydrogen (secondary N) is 1. The predicted molar refractivity (Wildman–Crippen MR) is 76.3 cm³/mol. The summed E-state index contributed by atoms with van der Waals surface area (Å²) in [6.45, 7) is 5.94. The van der Waals surface area contributed by atoms with Gasteiger partial charge in [-0.15, -0.1) is 5.10 Å². The molecule has 0 aliphatic rings. The zero-order valence-electron chi connectivity index (χ0n) is 12.7. The highest BCUT2D eigenvalue weighted by Gasteiger charge is 2.16. The lowest BCUT2D eigenvalue weighted by Gasteiger charge is -2.19. The molecular weight excluding hydrogens is 288 g/mol. The van der Waals surface area contributed by atoms with Gasteiger partial charge in [0.1, 0.15) is 23.6 Å². The van der Waals surface area contributed by atoms with E-state index >= 15 is 0 Å². The minimum Gasteiger partial charge on any atom is -0.456 e. The number of amides is 1. The Bertz CT molecular complexity index is 654. The van der Waals surface area contributed by atoms with E-state index in [-0.39, 0.29) is 12.3 Å². The molecule has 0 aromatic carbocycles. The van der Waals surface area contributed by atoms with Gasteiger partial charge in [-0.05, 0) is 32.9 Å². The molecule has 0 radical (unpaired) electrons. The van der Waals surface area contributed by atoms with Gasteiger partial charge in [0.05, 0.1) is 12.7 Å². The molecule has 2 aromatic heterocycles. The fraction of sp³-hybridized carbons (Fsp3) is 0.429. The topological polar surface area (TPSA) is 99.2 Å². The van der Waals surface area contributed by atoms with E-state index in [0.717, 1.165) is 0 Å². The van der Waals surface area contributed by atoms with Gasteiger partial charge in [-0.25, -0.2) is 9.48 Å². The molecule has 0 fully saturated rings. The third-order valence-corrected chi connectivity index (χ3v) is 2.52. The second-order valence-corrected chi connectivity index (χ2v) is 5.68. The van der Waals surface area contributed by atoms with Gasteiger partial charge in [-0.2, -0.15) is 0 Å². The molecule has 1 amide bonds. The summed E-state index contributed by atoms with van der Waals surface area (Å²) in [4.78, 5) is 22.1. The number of aldehydes is 1. The SMILES string of the molecule is CC(C)(C)OC(=O)NCc1cn(Cc2ccc(C=O)o2)nn1. The molecule has 0 spiro atoms. The van der Waals surface area contributed by atoms with Crippen molar-refractivity contribution in [2.75, 3.05) is 0 Å². The monoisotopic (exact) mass is 306 g/mol. The molecule has 22 heavy (non-hydrogen) atoms. The number of carbonyl (C=O) groups excluding carboxylic acids is 2. The van der Waals surface area contributed by atoms with Gasteiger partial charge < -0.3 is 14.5 Å². The number of nitrogens with zero attached hydrogens (tertiary/aromatic N) is 3. The lowest BCUT2D eigenvalue weighted by atomic mass is 10.2. The fourth-order valence-corrected chi connectivity index (χ4v) is 1.68. The van der Waals surface area contributed by atoms with Crippen LogP contribution < -0.4 is 5.32 Å². The maximum absolute atomic E-state index is 11.5. The largest absolute Gasteiger partial charge is 0.456 e. The lowest BCUT2D eigenvalue weighted by Crippen LogP contribution is -2.32. The van der Waals surface area contributed by atoms with Crippen molar-refractivity contribution in [2.45, 2.75) is 39.5 Å². The van der Waals surface area contributed by atoms with Crippen LogP contribution in [0.5, 0.6) is 0 Å². The smallest absolute Gasteiger partial charge is 0.407 e. The zero-order chi connectivity index (χ0) is 16.2. The Morgan fingerprint density at radius 1 is 1.45 bits per heavy atom. The molecule has 118 valence electrons. The molecule has 8 nitrogen and oxygen atoms in total. The first-order valence-electron chi connectivity index (χ1n) is 6.75. The number of rotatable bonds is 5. The molecule has 0 aliphatic heterocycles. The Morgan fingerprint density at radius 3 is 2.86 bits per heavy atom. The van der Waals surface area contributed by atoms with Crippen LogP contribution in [-0.2, 0) is 17.8 Å². The summed E-state index contributed by atoms with van der Waals surface area (Å²) in [5, 5.41) is 10.5. The van der Waals surface area contributed by atoms with E-state index in [0.29, 0.717) is 24.3 Å². The number of furan rings is 1. The molecule has 0 atom stereocenters. The summed E-state index contributed by atoms with van der Waals surface area (Å²) in [7, 11) is 0. The highest BCUT2D eigenvalue weighted by Crippen LogP contribution is 2.08. The molecule has 0 saturated carbocycles. The van der Waals surface area contributed by atoms with E-state index in [9.17, 15) is 9.59 Å². The van der Waals surface area contributed by atoms with Crippen molar-refractivity contribution in [3.8, 4) is 0 Å². The first-order chi connectivity index (χ1) is 10.4.